The minimum Gasteiger partial charge on any atom is -0.491 e. The number of primary amides is 1. The van der Waals surface area contributed by atoms with Gasteiger partial charge in [0.15, 0.2) is 0 Å². The van der Waals surface area contributed by atoms with E-state index in [0.717, 1.165) is 31.4 Å². The van der Waals surface area contributed by atoms with Gasteiger partial charge in [0, 0.05) is 11.8 Å². The van der Waals surface area contributed by atoms with Crippen LogP contribution in [0.2, 0.25) is 0 Å². The Labute approximate surface area is 119 Å². The Kier molecular flexibility index (Phi) is 4.28. The van der Waals surface area contributed by atoms with Crippen molar-refractivity contribution in [1.82, 2.24) is 4.98 Å². The van der Waals surface area contributed by atoms with E-state index >= 15 is 0 Å². The van der Waals surface area contributed by atoms with Gasteiger partial charge in [-0.15, -0.1) is 0 Å². The van der Waals surface area contributed by atoms with E-state index in [1.165, 1.54) is 6.42 Å². The number of carbonyl (C=O) groups excluding carboxylic acids is 1. The van der Waals surface area contributed by atoms with Crippen LogP contribution >= 0.6 is 0 Å². The maximum atomic E-state index is 11.6. The molecule has 0 atom stereocenters. The van der Waals surface area contributed by atoms with Crippen molar-refractivity contribution in [2.45, 2.75) is 51.5 Å². The van der Waals surface area contributed by atoms with Gasteiger partial charge >= 0.3 is 0 Å². The molecule has 2 rings (SSSR count). The van der Waals surface area contributed by atoms with Crippen molar-refractivity contribution in [1.29, 1.82) is 0 Å². The first-order valence-corrected chi connectivity index (χ1v) is 7.11. The van der Waals surface area contributed by atoms with Gasteiger partial charge in [-0.05, 0) is 26.7 Å². The van der Waals surface area contributed by atoms with Gasteiger partial charge in [0.25, 0.3) is 5.91 Å². The molecule has 20 heavy (non-hydrogen) atoms. The molecule has 0 saturated heterocycles. The normalized spacial score (nSPS) is 17.8. The lowest BCUT2D eigenvalue weighted by Crippen LogP contribution is -2.47. The molecule has 1 heterocycles. The summed E-state index contributed by atoms with van der Waals surface area (Å²) in [6.07, 6.45) is 5.43. The average molecular weight is 277 g/mol. The van der Waals surface area contributed by atoms with E-state index in [1.807, 2.05) is 6.92 Å². The molecule has 1 saturated carbocycles. The third-order valence-corrected chi connectivity index (χ3v) is 3.90. The van der Waals surface area contributed by atoms with Gasteiger partial charge in [0.1, 0.15) is 17.9 Å². The van der Waals surface area contributed by atoms with Gasteiger partial charge in [0.05, 0.1) is 11.2 Å². The van der Waals surface area contributed by atoms with Crippen molar-refractivity contribution >= 4 is 5.91 Å². The number of nitrogens with two attached hydrogens (primary N) is 2. The van der Waals surface area contributed by atoms with Gasteiger partial charge in [-0.2, -0.15) is 0 Å². The monoisotopic (exact) mass is 277 g/mol. The van der Waals surface area contributed by atoms with Crippen LogP contribution in [0.3, 0.4) is 0 Å². The highest BCUT2D eigenvalue weighted by molar-refractivity contribution is 5.96. The van der Waals surface area contributed by atoms with Gasteiger partial charge in [-0.1, -0.05) is 19.3 Å². The Hall–Kier alpha value is -1.62. The van der Waals surface area contributed by atoms with Gasteiger partial charge in [-0.25, -0.2) is 0 Å². The van der Waals surface area contributed by atoms with Crippen molar-refractivity contribution in [2.75, 3.05) is 6.61 Å². The second-order valence-corrected chi connectivity index (χ2v) is 5.80. The number of amides is 1. The van der Waals surface area contributed by atoms with E-state index in [0.29, 0.717) is 23.6 Å². The number of hydrogen-bond acceptors (Lipinski definition) is 4. The molecule has 0 aliphatic heterocycles. The molecule has 0 bridgehead atoms. The summed E-state index contributed by atoms with van der Waals surface area (Å²) in [6, 6.07) is 1.75. The summed E-state index contributed by atoms with van der Waals surface area (Å²) in [5.74, 6) is -0.0161. The fraction of sp³-hybridized carbons (Fsp3) is 0.600. The molecule has 1 amide bonds. The first-order chi connectivity index (χ1) is 9.41. The molecule has 1 aliphatic rings. The molecule has 0 spiro atoms. The smallest absolute Gasteiger partial charge is 0.254 e. The number of ether oxygens (including phenoxy) is 1. The predicted molar refractivity (Wildman–Crippen MR) is 77.7 cm³/mol. The van der Waals surface area contributed by atoms with Crippen LogP contribution in [0.1, 0.15) is 53.8 Å². The molecule has 1 aromatic rings. The fourth-order valence-electron chi connectivity index (χ4n) is 2.83. The van der Waals surface area contributed by atoms with Crippen LogP contribution in [0.15, 0.2) is 6.07 Å². The Morgan fingerprint density at radius 3 is 2.60 bits per heavy atom. The molecule has 1 fully saturated rings. The third-order valence-electron chi connectivity index (χ3n) is 3.90. The fourth-order valence-corrected chi connectivity index (χ4v) is 2.83. The van der Waals surface area contributed by atoms with Crippen molar-refractivity contribution in [3.8, 4) is 5.75 Å². The Morgan fingerprint density at radius 2 is 2.00 bits per heavy atom. The van der Waals surface area contributed by atoms with E-state index < -0.39 is 5.91 Å². The zero-order chi connectivity index (χ0) is 14.8. The maximum Gasteiger partial charge on any atom is 0.254 e. The third kappa shape index (κ3) is 3.28. The van der Waals surface area contributed by atoms with E-state index in [2.05, 4.69) is 4.98 Å². The number of carbonyl (C=O) groups is 1. The SMILES string of the molecule is Cc1cc(OCC2(N)CCCCC2)c(C(N)=O)c(C)n1. The number of aryl methyl sites for hydroxylation is 2. The van der Waals surface area contributed by atoms with Crippen molar-refractivity contribution < 1.29 is 9.53 Å². The lowest BCUT2D eigenvalue weighted by Gasteiger charge is -2.33. The number of nitrogens with zero attached hydrogens (tertiary/aromatic N) is 1. The highest BCUT2D eigenvalue weighted by Crippen LogP contribution is 2.28. The summed E-state index contributed by atoms with van der Waals surface area (Å²) in [5, 5.41) is 0. The Morgan fingerprint density at radius 1 is 1.35 bits per heavy atom. The van der Waals surface area contributed by atoms with E-state index in [-0.39, 0.29) is 5.54 Å². The highest BCUT2D eigenvalue weighted by atomic mass is 16.5. The van der Waals surface area contributed by atoms with Crippen LogP contribution in [0.5, 0.6) is 5.75 Å². The van der Waals surface area contributed by atoms with Crippen LogP contribution in [-0.4, -0.2) is 23.0 Å². The van der Waals surface area contributed by atoms with Crippen LogP contribution < -0.4 is 16.2 Å². The largest absolute Gasteiger partial charge is 0.491 e. The molecular formula is C15H23N3O2. The van der Waals surface area contributed by atoms with E-state index in [4.69, 9.17) is 16.2 Å². The summed E-state index contributed by atoms with van der Waals surface area (Å²) >= 11 is 0. The summed E-state index contributed by atoms with van der Waals surface area (Å²) in [4.78, 5) is 15.8. The molecule has 0 aromatic carbocycles. The van der Waals surface area contributed by atoms with Crippen molar-refractivity contribution in [3.63, 3.8) is 0 Å². The zero-order valence-corrected chi connectivity index (χ0v) is 12.2. The molecule has 1 aliphatic carbocycles. The second-order valence-electron chi connectivity index (χ2n) is 5.80. The lowest BCUT2D eigenvalue weighted by atomic mass is 9.83. The second kappa shape index (κ2) is 5.79. The summed E-state index contributed by atoms with van der Waals surface area (Å²) in [6.45, 7) is 4.04. The minimum absolute atomic E-state index is 0.293. The summed E-state index contributed by atoms with van der Waals surface area (Å²) in [5.41, 5.74) is 13.2. The van der Waals surface area contributed by atoms with Crippen molar-refractivity contribution in [2.24, 2.45) is 11.5 Å². The van der Waals surface area contributed by atoms with Crippen LogP contribution in [0.25, 0.3) is 0 Å². The number of pyridine rings is 1. The molecular weight excluding hydrogens is 254 g/mol. The number of aromatic nitrogens is 1. The zero-order valence-electron chi connectivity index (χ0n) is 12.2. The van der Waals surface area contributed by atoms with Crippen molar-refractivity contribution in [3.05, 3.63) is 23.0 Å². The minimum atomic E-state index is -0.514. The van der Waals surface area contributed by atoms with Gasteiger partial charge < -0.3 is 16.2 Å². The van der Waals surface area contributed by atoms with E-state index in [9.17, 15) is 4.79 Å². The first kappa shape index (κ1) is 14.8. The average Bonchev–Trinajstić information content (AvgIpc) is 2.36. The summed E-state index contributed by atoms with van der Waals surface area (Å²) in [7, 11) is 0. The standard InChI is InChI=1S/C15H23N3O2/c1-10-8-12(13(14(16)19)11(2)18-10)20-9-15(17)6-4-3-5-7-15/h8H,3-7,9,17H2,1-2H3,(H2,16,19). The lowest BCUT2D eigenvalue weighted by molar-refractivity contribution is 0.0991. The molecule has 5 heteroatoms. The van der Waals surface area contributed by atoms with Crippen LogP contribution in [-0.2, 0) is 0 Å². The van der Waals surface area contributed by atoms with Gasteiger partial charge in [-0.3, -0.25) is 9.78 Å². The predicted octanol–water partition coefficient (Wildman–Crippen LogP) is 1.84. The molecule has 0 unspecified atom stereocenters. The van der Waals surface area contributed by atoms with Crippen LogP contribution in [0.4, 0.5) is 0 Å². The number of hydrogen-bond donors (Lipinski definition) is 2. The van der Waals surface area contributed by atoms with Crippen LogP contribution in [0, 0.1) is 13.8 Å². The first-order valence-electron chi connectivity index (χ1n) is 7.11. The topological polar surface area (TPSA) is 91.2 Å². The summed E-state index contributed by atoms with van der Waals surface area (Å²) < 4.78 is 5.84. The molecule has 5 nitrogen and oxygen atoms in total. The van der Waals surface area contributed by atoms with Gasteiger partial charge in [0.2, 0.25) is 0 Å². The highest BCUT2D eigenvalue weighted by Gasteiger charge is 2.29. The molecule has 4 N–H and O–H groups in total. The number of rotatable bonds is 4. The maximum absolute atomic E-state index is 11.6. The Bertz CT molecular complexity index is 508. The molecule has 110 valence electrons. The molecule has 0 radical (unpaired) electrons. The Balaban J connectivity index is 2.18. The van der Waals surface area contributed by atoms with E-state index in [1.54, 1.807) is 13.0 Å². The quantitative estimate of drug-likeness (QED) is 0.878. The molecule has 1 aromatic heterocycles.